The van der Waals surface area contributed by atoms with Crippen LogP contribution in [-0.4, -0.2) is 52.7 Å². The number of hydrogen-bond acceptors (Lipinski definition) is 5. The van der Waals surface area contributed by atoms with Crippen molar-refractivity contribution in [2.45, 2.75) is 25.4 Å². The van der Waals surface area contributed by atoms with E-state index in [2.05, 4.69) is 0 Å². The smallest absolute Gasteiger partial charge is 0.335 e. The molecule has 0 heterocycles. The fraction of sp³-hybridized carbons (Fsp3) is 0.917. The number of carbonyl (C=O) groups excluding carboxylic acids is 1. The first-order valence-corrected chi connectivity index (χ1v) is 6.05. The summed E-state index contributed by atoms with van der Waals surface area (Å²) in [6.07, 6.45) is 2.57. The minimum Gasteiger partial charge on any atom is -0.467 e. The van der Waals surface area contributed by atoms with E-state index >= 15 is 0 Å². The SMILES string of the molecule is COCCCOCCOC(C(=O)OC)C1CC1. The van der Waals surface area contributed by atoms with E-state index in [1.54, 1.807) is 7.11 Å². The number of carbonyl (C=O) groups is 1. The molecule has 1 saturated carbocycles. The first-order chi connectivity index (χ1) is 8.29. The average molecular weight is 246 g/mol. The molecule has 100 valence electrons. The number of ether oxygens (including phenoxy) is 4. The van der Waals surface area contributed by atoms with Crippen LogP contribution in [0.2, 0.25) is 0 Å². The molecule has 1 aliphatic rings. The molecule has 0 bridgehead atoms. The fourth-order valence-corrected chi connectivity index (χ4v) is 1.55. The maximum absolute atomic E-state index is 11.4. The monoisotopic (exact) mass is 246 g/mol. The maximum atomic E-state index is 11.4. The van der Waals surface area contributed by atoms with Crippen LogP contribution in [0.5, 0.6) is 0 Å². The zero-order valence-corrected chi connectivity index (χ0v) is 10.6. The second-order valence-corrected chi connectivity index (χ2v) is 4.11. The van der Waals surface area contributed by atoms with Crippen molar-refractivity contribution in [1.82, 2.24) is 0 Å². The van der Waals surface area contributed by atoms with E-state index in [0.29, 0.717) is 32.3 Å². The van der Waals surface area contributed by atoms with Gasteiger partial charge in [0.2, 0.25) is 0 Å². The van der Waals surface area contributed by atoms with E-state index in [1.807, 2.05) is 0 Å². The minimum atomic E-state index is -0.400. The van der Waals surface area contributed by atoms with Gasteiger partial charge in [-0.2, -0.15) is 0 Å². The van der Waals surface area contributed by atoms with Crippen molar-refractivity contribution in [1.29, 1.82) is 0 Å². The third kappa shape index (κ3) is 6.00. The van der Waals surface area contributed by atoms with Crippen molar-refractivity contribution in [3.05, 3.63) is 0 Å². The van der Waals surface area contributed by atoms with E-state index in [1.165, 1.54) is 7.11 Å². The van der Waals surface area contributed by atoms with Crippen LogP contribution in [0.15, 0.2) is 0 Å². The first-order valence-electron chi connectivity index (χ1n) is 6.05. The normalized spacial score (nSPS) is 16.8. The van der Waals surface area contributed by atoms with E-state index in [0.717, 1.165) is 19.3 Å². The zero-order chi connectivity index (χ0) is 12.5. The summed E-state index contributed by atoms with van der Waals surface area (Å²) in [4.78, 5) is 11.4. The fourth-order valence-electron chi connectivity index (χ4n) is 1.55. The predicted molar refractivity (Wildman–Crippen MR) is 61.8 cm³/mol. The highest BCUT2D eigenvalue weighted by Crippen LogP contribution is 2.34. The summed E-state index contributed by atoms with van der Waals surface area (Å²) in [6.45, 7) is 2.30. The molecule has 17 heavy (non-hydrogen) atoms. The Hall–Kier alpha value is -0.650. The van der Waals surface area contributed by atoms with Gasteiger partial charge in [-0.25, -0.2) is 4.79 Å². The van der Waals surface area contributed by atoms with E-state index < -0.39 is 6.10 Å². The molecule has 0 aromatic heterocycles. The molecule has 1 fully saturated rings. The molecule has 0 spiro atoms. The van der Waals surface area contributed by atoms with Gasteiger partial charge in [0.15, 0.2) is 6.10 Å². The van der Waals surface area contributed by atoms with Crippen LogP contribution in [0.25, 0.3) is 0 Å². The van der Waals surface area contributed by atoms with Crippen molar-refractivity contribution in [3.8, 4) is 0 Å². The molecule has 1 rings (SSSR count). The quantitative estimate of drug-likeness (QED) is 0.425. The van der Waals surface area contributed by atoms with Crippen LogP contribution in [0.3, 0.4) is 0 Å². The van der Waals surface area contributed by atoms with Crippen molar-refractivity contribution in [2.75, 3.05) is 40.6 Å². The summed E-state index contributed by atoms with van der Waals surface area (Å²) in [5, 5.41) is 0. The second-order valence-electron chi connectivity index (χ2n) is 4.11. The molecular formula is C12H22O5. The average Bonchev–Trinajstić information content (AvgIpc) is 3.16. The number of hydrogen-bond donors (Lipinski definition) is 0. The summed E-state index contributed by atoms with van der Waals surface area (Å²) < 4.78 is 20.4. The van der Waals surface area contributed by atoms with Crippen LogP contribution in [0.4, 0.5) is 0 Å². The van der Waals surface area contributed by atoms with Gasteiger partial charge < -0.3 is 18.9 Å². The topological polar surface area (TPSA) is 54.0 Å². The highest BCUT2D eigenvalue weighted by molar-refractivity contribution is 5.75. The van der Waals surface area contributed by atoms with Crippen LogP contribution in [0.1, 0.15) is 19.3 Å². The summed E-state index contributed by atoms with van der Waals surface area (Å²) >= 11 is 0. The van der Waals surface area contributed by atoms with Crippen molar-refractivity contribution in [3.63, 3.8) is 0 Å². The van der Waals surface area contributed by atoms with Gasteiger partial charge in [-0.1, -0.05) is 0 Å². The van der Waals surface area contributed by atoms with Gasteiger partial charge in [0.05, 0.1) is 20.3 Å². The molecule has 5 nitrogen and oxygen atoms in total. The predicted octanol–water partition coefficient (Wildman–Crippen LogP) is 1.01. The summed E-state index contributed by atoms with van der Waals surface area (Å²) in [5.74, 6) is 0.0721. The largest absolute Gasteiger partial charge is 0.467 e. The Morgan fingerprint density at radius 1 is 1.18 bits per heavy atom. The Kier molecular flexibility index (Phi) is 7.16. The van der Waals surface area contributed by atoms with E-state index in [-0.39, 0.29) is 5.97 Å². The van der Waals surface area contributed by atoms with Crippen molar-refractivity contribution in [2.24, 2.45) is 5.92 Å². The van der Waals surface area contributed by atoms with Crippen LogP contribution in [-0.2, 0) is 23.7 Å². The molecule has 0 amide bonds. The summed E-state index contributed by atoms with van der Waals surface area (Å²) in [5.41, 5.74) is 0. The lowest BCUT2D eigenvalue weighted by molar-refractivity contribution is -0.156. The zero-order valence-electron chi connectivity index (χ0n) is 10.6. The Labute approximate surface area is 102 Å². The lowest BCUT2D eigenvalue weighted by atomic mass is 10.2. The molecular weight excluding hydrogens is 224 g/mol. The molecule has 1 unspecified atom stereocenters. The minimum absolute atomic E-state index is 0.271. The highest BCUT2D eigenvalue weighted by atomic mass is 16.6. The van der Waals surface area contributed by atoms with Gasteiger partial charge in [-0.15, -0.1) is 0 Å². The van der Waals surface area contributed by atoms with E-state index in [9.17, 15) is 4.79 Å². The van der Waals surface area contributed by atoms with Crippen LogP contribution in [0, 0.1) is 5.92 Å². The Bertz CT molecular complexity index is 215. The van der Waals surface area contributed by atoms with Crippen LogP contribution < -0.4 is 0 Å². The van der Waals surface area contributed by atoms with Gasteiger partial charge in [-0.05, 0) is 25.2 Å². The number of methoxy groups -OCH3 is 2. The van der Waals surface area contributed by atoms with Crippen molar-refractivity contribution >= 4 is 5.97 Å². The second kappa shape index (κ2) is 8.44. The third-order valence-corrected chi connectivity index (χ3v) is 2.65. The first kappa shape index (κ1) is 14.4. The molecule has 5 heteroatoms. The third-order valence-electron chi connectivity index (χ3n) is 2.65. The van der Waals surface area contributed by atoms with Gasteiger partial charge in [-0.3, -0.25) is 0 Å². The lowest BCUT2D eigenvalue weighted by Crippen LogP contribution is -2.29. The Morgan fingerprint density at radius 2 is 1.94 bits per heavy atom. The molecule has 0 radical (unpaired) electrons. The molecule has 0 saturated heterocycles. The molecule has 0 aromatic rings. The standard InChI is InChI=1S/C12H22O5/c1-14-6-3-7-16-8-9-17-11(10-4-5-10)12(13)15-2/h10-11H,3-9H2,1-2H3. The van der Waals surface area contributed by atoms with Gasteiger partial charge in [0, 0.05) is 20.3 Å². The van der Waals surface area contributed by atoms with Gasteiger partial charge in [0.25, 0.3) is 0 Å². The van der Waals surface area contributed by atoms with Crippen LogP contribution >= 0.6 is 0 Å². The molecule has 1 atom stereocenters. The summed E-state index contributed by atoms with van der Waals surface area (Å²) in [7, 11) is 3.06. The Balaban J connectivity index is 2.01. The molecule has 1 aliphatic carbocycles. The number of esters is 1. The van der Waals surface area contributed by atoms with Gasteiger partial charge >= 0.3 is 5.97 Å². The maximum Gasteiger partial charge on any atom is 0.335 e. The van der Waals surface area contributed by atoms with Crippen molar-refractivity contribution < 1.29 is 23.7 Å². The number of rotatable bonds is 10. The lowest BCUT2D eigenvalue weighted by Gasteiger charge is -2.14. The Morgan fingerprint density at radius 3 is 2.53 bits per heavy atom. The highest BCUT2D eigenvalue weighted by Gasteiger charge is 2.37. The molecule has 0 aliphatic heterocycles. The molecule has 0 N–H and O–H groups in total. The summed E-state index contributed by atoms with van der Waals surface area (Å²) in [6, 6.07) is 0. The molecule has 0 aromatic carbocycles. The van der Waals surface area contributed by atoms with E-state index in [4.69, 9.17) is 18.9 Å². The van der Waals surface area contributed by atoms with Gasteiger partial charge in [0.1, 0.15) is 0 Å².